The van der Waals surface area contributed by atoms with Crippen molar-refractivity contribution in [2.24, 2.45) is 10.7 Å². The van der Waals surface area contributed by atoms with Crippen molar-refractivity contribution in [3.8, 4) is 0 Å². The van der Waals surface area contributed by atoms with Crippen LogP contribution >= 0.6 is 11.6 Å². The Morgan fingerprint density at radius 3 is 2.89 bits per heavy atom. The lowest BCUT2D eigenvalue weighted by Gasteiger charge is -2.30. The van der Waals surface area contributed by atoms with E-state index in [4.69, 9.17) is 22.1 Å². The number of benzene rings is 1. The molecule has 142 valence electrons. The van der Waals surface area contributed by atoms with Crippen LogP contribution in [0.25, 0.3) is 0 Å². The van der Waals surface area contributed by atoms with Crippen molar-refractivity contribution in [3.63, 3.8) is 0 Å². The number of rotatable bonds is 5. The van der Waals surface area contributed by atoms with Gasteiger partial charge in [0.15, 0.2) is 5.78 Å². The molecule has 0 unspecified atom stereocenters. The maximum absolute atomic E-state index is 14.5. The number of Topliss-reactive ketones (excluding diaryl/α,β-unsaturated/α-hetero) is 1. The standard InChI is InChI=1S/C20H21ClFN3O2/c1-3-13-8-14(21)9-24-19(13)17(26)7-12-4-5-16(22)15(6-12)20(2)11-27-10-18(23)25-20/h4-6,8-9H,3,7,10-11H2,1-2H3,(H2,23,25)/t20-/m0/s1. The van der Waals surface area contributed by atoms with Gasteiger partial charge in [-0.05, 0) is 42.7 Å². The van der Waals surface area contributed by atoms with Crippen LogP contribution in [0.15, 0.2) is 35.5 Å². The Morgan fingerprint density at radius 1 is 1.41 bits per heavy atom. The van der Waals surface area contributed by atoms with Gasteiger partial charge in [0.2, 0.25) is 0 Å². The summed E-state index contributed by atoms with van der Waals surface area (Å²) in [6.45, 7) is 4.16. The van der Waals surface area contributed by atoms with E-state index in [1.54, 1.807) is 25.1 Å². The first-order valence-corrected chi connectivity index (χ1v) is 9.08. The molecule has 27 heavy (non-hydrogen) atoms. The molecule has 1 atom stereocenters. The normalized spacial score (nSPS) is 19.6. The molecule has 0 saturated heterocycles. The smallest absolute Gasteiger partial charge is 0.185 e. The van der Waals surface area contributed by atoms with Gasteiger partial charge in [0.05, 0.1) is 11.6 Å². The number of halogens is 2. The van der Waals surface area contributed by atoms with Crippen molar-refractivity contribution < 1.29 is 13.9 Å². The molecule has 3 rings (SSSR count). The van der Waals surface area contributed by atoms with Gasteiger partial charge in [-0.25, -0.2) is 4.39 Å². The van der Waals surface area contributed by atoms with E-state index in [9.17, 15) is 9.18 Å². The number of carbonyl (C=O) groups excluding carboxylic acids is 1. The van der Waals surface area contributed by atoms with Crippen molar-refractivity contribution in [1.82, 2.24) is 4.98 Å². The molecule has 2 N–H and O–H groups in total. The summed E-state index contributed by atoms with van der Waals surface area (Å²) in [5, 5.41) is 0.494. The van der Waals surface area contributed by atoms with Crippen LogP contribution in [-0.4, -0.2) is 29.8 Å². The Balaban J connectivity index is 1.91. The second kappa shape index (κ2) is 7.74. The number of carbonyl (C=O) groups is 1. The first-order valence-electron chi connectivity index (χ1n) is 8.71. The fourth-order valence-corrected chi connectivity index (χ4v) is 3.42. The van der Waals surface area contributed by atoms with Gasteiger partial charge in [-0.1, -0.05) is 24.6 Å². The number of amidine groups is 1. The lowest BCUT2D eigenvalue weighted by molar-refractivity contribution is 0.0986. The Hall–Kier alpha value is -2.31. The Morgan fingerprint density at radius 2 is 2.19 bits per heavy atom. The minimum atomic E-state index is -0.918. The Labute approximate surface area is 162 Å². The molecule has 1 aliphatic rings. The average molecular weight is 390 g/mol. The van der Waals surface area contributed by atoms with E-state index in [2.05, 4.69) is 9.98 Å². The summed E-state index contributed by atoms with van der Waals surface area (Å²) < 4.78 is 19.9. The molecule has 0 fully saturated rings. The first-order chi connectivity index (χ1) is 12.8. The Bertz CT molecular complexity index is 916. The van der Waals surface area contributed by atoms with E-state index in [1.807, 2.05) is 6.92 Å². The number of ether oxygens (including phenoxy) is 1. The summed E-state index contributed by atoms with van der Waals surface area (Å²) in [5.41, 5.74) is 7.06. The second-order valence-corrected chi connectivity index (χ2v) is 7.24. The molecule has 0 bridgehead atoms. The summed E-state index contributed by atoms with van der Waals surface area (Å²) in [7, 11) is 0. The number of aliphatic imine (C=N–C) groups is 1. The van der Waals surface area contributed by atoms with Crippen molar-refractivity contribution in [3.05, 3.63) is 63.7 Å². The summed E-state index contributed by atoms with van der Waals surface area (Å²) in [6, 6.07) is 6.34. The van der Waals surface area contributed by atoms with E-state index < -0.39 is 11.4 Å². The highest BCUT2D eigenvalue weighted by Gasteiger charge is 2.33. The number of nitrogens with zero attached hydrogens (tertiary/aromatic N) is 2. The fourth-order valence-electron chi connectivity index (χ4n) is 3.24. The van der Waals surface area contributed by atoms with Gasteiger partial charge < -0.3 is 10.5 Å². The van der Waals surface area contributed by atoms with Crippen LogP contribution in [0.3, 0.4) is 0 Å². The molecule has 5 nitrogen and oxygen atoms in total. The summed E-state index contributed by atoms with van der Waals surface area (Å²) in [4.78, 5) is 21.3. The van der Waals surface area contributed by atoms with Crippen LogP contribution in [0.4, 0.5) is 4.39 Å². The van der Waals surface area contributed by atoms with Crippen LogP contribution in [0.5, 0.6) is 0 Å². The number of aromatic nitrogens is 1. The molecule has 0 radical (unpaired) electrons. The SMILES string of the molecule is CCc1cc(Cl)cnc1C(=O)Cc1ccc(F)c([C@]2(C)COCC(N)=N2)c1. The topological polar surface area (TPSA) is 77.6 Å². The van der Waals surface area contributed by atoms with Crippen molar-refractivity contribution in [2.75, 3.05) is 13.2 Å². The van der Waals surface area contributed by atoms with Gasteiger partial charge in [0.25, 0.3) is 0 Å². The van der Waals surface area contributed by atoms with E-state index in [0.29, 0.717) is 34.1 Å². The maximum Gasteiger partial charge on any atom is 0.185 e. The minimum Gasteiger partial charge on any atom is -0.386 e. The molecular formula is C20H21ClFN3O2. The van der Waals surface area contributed by atoms with Crippen molar-refractivity contribution in [2.45, 2.75) is 32.2 Å². The van der Waals surface area contributed by atoms with Gasteiger partial charge in [-0.15, -0.1) is 0 Å². The second-order valence-electron chi connectivity index (χ2n) is 6.80. The third kappa shape index (κ3) is 4.17. The third-order valence-electron chi connectivity index (χ3n) is 4.58. The molecule has 7 heteroatoms. The van der Waals surface area contributed by atoms with E-state index in [-0.39, 0.29) is 25.4 Å². The first kappa shape index (κ1) is 19.5. The zero-order valence-corrected chi connectivity index (χ0v) is 16.0. The summed E-state index contributed by atoms with van der Waals surface area (Å²) >= 11 is 5.96. The van der Waals surface area contributed by atoms with Crippen LogP contribution in [-0.2, 0) is 23.1 Å². The highest BCUT2D eigenvalue weighted by Crippen LogP contribution is 2.31. The van der Waals surface area contributed by atoms with E-state index >= 15 is 0 Å². The molecule has 0 amide bonds. The van der Waals surface area contributed by atoms with Gasteiger partial charge in [0.1, 0.15) is 29.5 Å². The molecule has 0 spiro atoms. The molecule has 1 aromatic heterocycles. The molecule has 0 saturated carbocycles. The van der Waals surface area contributed by atoms with Gasteiger partial charge in [0, 0.05) is 18.2 Å². The molecule has 2 heterocycles. The van der Waals surface area contributed by atoms with Crippen LogP contribution in [0.2, 0.25) is 5.02 Å². The number of pyridine rings is 1. The predicted molar refractivity (Wildman–Crippen MR) is 103 cm³/mol. The number of hydrogen-bond acceptors (Lipinski definition) is 5. The highest BCUT2D eigenvalue weighted by molar-refractivity contribution is 6.30. The van der Waals surface area contributed by atoms with Crippen LogP contribution < -0.4 is 5.73 Å². The molecule has 1 aromatic carbocycles. The molecule has 0 aliphatic carbocycles. The maximum atomic E-state index is 14.5. The van der Waals surface area contributed by atoms with Crippen LogP contribution in [0, 0.1) is 5.82 Å². The molecule has 1 aliphatic heterocycles. The van der Waals surface area contributed by atoms with Crippen molar-refractivity contribution in [1.29, 1.82) is 0 Å². The number of hydrogen-bond donors (Lipinski definition) is 1. The molecular weight excluding hydrogens is 369 g/mol. The summed E-state index contributed by atoms with van der Waals surface area (Å²) in [5.74, 6) is -0.230. The van der Waals surface area contributed by atoms with Gasteiger partial charge in [-0.2, -0.15) is 0 Å². The Kier molecular flexibility index (Phi) is 5.58. The lowest BCUT2D eigenvalue weighted by atomic mass is 9.89. The lowest BCUT2D eigenvalue weighted by Crippen LogP contribution is -2.38. The fraction of sp³-hybridized carbons (Fsp3) is 0.350. The van der Waals surface area contributed by atoms with Gasteiger partial charge >= 0.3 is 0 Å². The quantitative estimate of drug-likeness (QED) is 0.794. The predicted octanol–water partition coefficient (Wildman–Crippen LogP) is 3.46. The molecule has 2 aromatic rings. The van der Waals surface area contributed by atoms with E-state index in [1.165, 1.54) is 12.3 Å². The van der Waals surface area contributed by atoms with Crippen LogP contribution in [0.1, 0.15) is 41.0 Å². The van der Waals surface area contributed by atoms with Crippen molar-refractivity contribution >= 4 is 23.2 Å². The number of ketones is 1. The van der Waals surface area contributed by atoms with E-state index in [0.717, 1.165) is 5.56 Å². The number of nitrogens with two attached hydrogens (primary N) is 1. The monoisotopic (exact) mass is 389 g/mol. The minimum absolute atomic E-state index is 0.102. The largest absolute Gasteiger partial charge is 0.386 e. The zero-order valence-electron chi connectivity index (χ0n) is 15.3. The third-order valence-corrected chi connectivity index (χ3v) is 4.78. The highest BCUT2D eigenvalue weighted by atomic mass is 35.5. The summed E-state index contributed by atoms with van der Waals surface area (Å²) in [6.07, 6.45) is 2.21. The number of aryl methyl sites for hydroxylation is 1. The average Bonchev–Trinajstić information content (AvgIpc) is 2.62. The zero-order chi connectivity index (χ0) is 19.6. The van der Waals surface area contributed by atoms with Gasteiger partial charge in [-0.3, -0.25) is 14.8 Å².